The molecule has 1 N–H and O–H groups in total. The maximum absolute atomic E-state index is 12.4. The average Bonchev–Trinajstić information content (AvgIpc) is 3.20. The number of hydrogen-bond donors (Lipinski definition) is 1. The van der Waals surface area contributed by atoms with Gasteiger partial charge in [-0.2, -0.15) is 15.0 Å². The number of ether oxygens (including phenoxy) is 1. The number of anilines is 2. The van der Waals surface area contributed by atoms with E-state index in [1.54, 1.807) is 18.3 Å². The van der Waals surface area contributed by atoms with Gasteiger partial charge in [-0.25, -0.2) is 4.98 Å². The minimum atomic E-state index is -0.288. The Morgan fingerprint density at radius 2 is 2.04 bits per heavy atom. The van der Waals surface area contributed by atoms with Crippen molar-refractivity contribution in [2.75, 3.05) is 44.1 Å². The first-order valence-corrected chi connectivity index (χ1v) is 8.53. The van der Waals surface area contributed by atoms with E-state index in [2.05, 4.69) is 30.2 Å². The SMILES string of the molecule is COc1ncccc1C(=O)NCc1nc(N(C)C)nc(N2CCCC2)n1. The monoisotopic (exact) mass is 357 g/mol. The Morgan fingerprint density at radius 3 is 2.73 bits per heavy atom. The predicted molar refractivity (Wildman–Crippen MR) is 97.6 cm³/mol. The lowest BCUT2D eigenvalue weighted by Gasteiger charge is -2.19. The Bertz CT molecular complexity index is 775. The van der Waals surface area contributed by atoms with Crippen molar-refractivity contribution in [3.63, 3.8) is 0 Å². The summed E-state index contributed by atoms with van der Waals surface area (Å²) >= 11 is 0. The molecule has 0 atom stereocenters. The molecule has 1 saturated heterocycles. The van der Waals surface area contributed by atoms with Crippen LogP contribution < -0.4 is 19.9 Å². The Hall–Kier alpha value is -2.97. The van der Waals surface area contributed by atoms with Gasteiger partial charge in [0.05, 0.1) is 13.7 Å². The first-order valence-electron chi connectivity index (χ1n) is 8.53. The Labute approximate surface area is 152 Å². The van der Waals surface area contributed by atoms with Crippen molar-refractivity contribution >= 4 is 17.8 Å². The summed E-state index contributed by atoms with van der Waals surface area (Å²) in [4.78, 5) is 33.9. The van der Waals surface area contributed by atoms with E-state index in [1.807, 2.05) is 19.0 Å². The molecule has 0 aliphatic carbocycles. The zero-order valence-electron chi connectivity index (χ0n) is 15.3. The summed E-state index contributed by atoms with van der Waals surface area (Å²) in [5, 5.41) is 2.83. The molecule has 2 aromatic heterocycles. The van der Waals surface area contributed by atoms with Crippen LogP contribution in [-0.4, -0.2) is 60.1 Å². The van der Waals surface area contributed by atoms with Crippen LogP contribution in [-0.2, 0) is 6.54 Å². The molecule has 138 valence electrons. The number of nitrogens with zero attached hydrogens (tertiary/aromatic N) is 6. The fourth-order valence-electron chi connectivity index (χ4n) is 2.71. The molecule has 0 aromatic carbocycles. The topological polar surface area (TPSA) is 96.4 Å². The number of pyridine rings is 1. The van der Waals surface area contributed by atoms with Crippen molar-refractivity contribution in [1.29, 1.82) is 0 Å². The van der Waals surface area contributed by atoms with Crippen molar-refractivity contribution in [3.8, 4) is 5.88 Å². The van der Waals surface area contributed by atoms with Crippen molar-refractivity contribution in [2.24, 2.45) is 0 Å². The third-order valence-electron chi connectivity index (χ3n) is 4.06. The van der Waals surface area contributed by atoms with Gasteiger partial charge < -0.3 is 19.9 Å². The maximum atomic E-state index is 12.4. The Balaban J connectivity index is 1.77. The molecule has 9 nitrogen and oxygen atoms in total. The molecule has 1 aliphatic rings. The molecule has 0 unspecified atom stereocenters. The smallest absolute Gasteiger partial charge is 0.257 e. The summed E-state index contributed by atoms with van der Waals surface area (Å²) in [5.74, 6) is 1.74. The highest BCUT2D eigenvalue weighted by atomic mass is 16.5. The molecular weight excluding hydrogens is 334 g/mol. The van der Waals surface area contributed by atoms with Gasteiger partial charge in [0.2, 0.25) is 17.8 Å². The molecule has 1 fully saturated rings. The van der Waals surface area contributed by atoms with E-state index in [1.165, 1.54) is 7.11 Å². The molecule has 3 rings (SSSR count). The lowest BCUT2D eigenvalue weighted by Crippen LogP contribution is -2.28. The minimum absolute atomic E-state index is 0.196. The molecule has 2 aromatic rings. The lowest BCUT2D eigenvalue weighted by atomic mass is 10.2. The fourth-order valence-corrected chi connectivity index (χ4v) is 2.71. The number of amides is 1. The van der Waals surface area contributed by atoms with Crippen LogP contribution in [0.2, 0.25) is 0 Å². The summed E-state index contributed by atoms with van der Waals surface area (Å²) in [5.41, 5.74) is 0.372. The molecule has 3 heterocycles. The van der Waals surface area contributed by atoms with Crippen LogP contribution in [0.15, 0.2) is 18.3 Å². The largest absolute Gasteiger partial charge is 0.480 e. The summed E-state index contributed by atoms with van der Waals surface area (Å²) in [6.07, 6.45) is 3.85. The number of rotatable bonds is 6. The molecule has 1 aliphatic heterocycles. The zero-order valence-corrected chi connectivity index (χ0v) is 15.3. The second kappa shape index (κ2) is 7.94. The second-order valence-electron chi connectivity index (χ2n) is 6.18. The molecular formula is C17H23N7O2. The van der Waals surface area contributed by atoms with Gasteiger partial charge in [-0.3, -0.25) is 4.79 Å². The Kier molecular flexibility index (Phi) is 5.45. The van der Waals surface area contributed by atoms with Crippen molar-refractivity contribution < 1.29 is 9.53 Å². The highest BCUT2D eigenvalue weighted by molar-refractivity contribution is 5.96. The first-order chi connectivity index (χ1) is 12.6. The van der Waals surface area contributed by atoms with Gasteiger partial charge in [0, 0.05) is 33.4 Å². The van der Waals surface area contributed by atoms with Crippen LogP contribution in [0.3, 0.4) is 0 Å². The summed E-state index contributed by atoms with van der Waals surface area (Å²) in [7, 11) is 5.24. The van der Waals surface area contributed by atoms with Gasteiger partial charge in [-0.1, -0.05) is 0 Å². The van der Waals surface area contributed by atoms with Gasteiger partial charge in [-0.05, 0) is 25.0 Å². The molecule has 1 amide bonds. The quantitative estimate of drug-likeness (QED) is 0.814. The number of aromatic nitrogens is 4. The van der Waals surface area contributed by atoms with E-state index in [-0.39, 0.29) is 18.3 Å². The highest BCUT2D eigenvalue weighted by Gasteiger charge is 2.19. The normalized spacial score (nSPS) is 13.6. The van der Waals surface area contributed by atoms with E-state index in [9.17, 15) is 4.79 Å². The number of carbonyl (C=O) groups is 1. The lowest BCUT2D eigenvalue weighted by molar-refractivity contribution is 0.0946. The van der Waals surface area contributed by atoms with Crippen LogP contribution in [0, 0.1) is 0 Å². The van der Waals surface area contributed by atoms with Crippen LogP contribution >= 0.6 is 0 Å². The number of hydrogen-bond acceptors (Lipinski definition) is 8. The van der Waals surface area contributed by atoms with Gasteiger partial charge in [0.1, 0.15) is 5.56 Å². The summed E-state index contributed by atoms with van der Waals surface area (Å²) in [6.45, 7) is 2.08. The van der Waals surface area contributed by atoms with Gasteiger partial charge in [0.25, 0.3) is 5.91 Å². The molecule has 0 bridgehead atoms. The van der Waals surface area contributed by atoms with Crippen LogP contribution in [0.25, 0.3) is 0 Å². The molecule has 0 saturated carbocycles. The van der Waals surface area contributed by atoms with E-state index in [0.717, 1.165) is 25.9 Å². The molecule has 9 heteroatoms. The van der Waals surface area contributed by atoms with Gasteiger partial charge >= 0.3 is 0 Å². The first kappa shape index (κ1) is 17.8. The molecule has 0 radical (unpaired) electrons. The molecule has 26 heavy (non-hydrogen) atoms. The van der Waals surface area contributed by atoms with Gasteiger partial charge in [0.15, 0.2) is 5.82 Å². The van der Waals surface area contributed by atoms with Crippen LogP contribution in [0.5, 0.6) is 5.88 Å². The standard InChI is InChI=1S/C17H23N7O2/c1-23(2)16-20-13(21-17(22-16)24-9-4-5-10-24)11-19-14(25)12-7-6-8-18-15(12)26-3/h6-8H,4-5,9-11H2,1-3H3,(H,19,25). The Morgan fingerprint density at radius 1 is 1.27 bits per heavy atom. The number of methoxy groups -OCH3 is 1. The number of carbonyl (C=O) groups excluding carboxylic acids is 1. The van der Waals surface area contributed by atoms with E-state index < -0.39 is 0 Å². The third kappa shape index (κ3) is 3.98. The van der Waals surface area contributed by atoms with E-state index in [0.29, 0.717) is 23.3 Å². The summed E-state index contributed by atoms with van der Waals surface area (Å²) < 4.78 is 5.13. The second-order valence-corrected chi connectivity index (χ2v) is 6.18. The van der Waals surface area contributed by atoms with Crippen molar-refractivity contribution in [1.82, 2.24) is 25.3 Å². The minimum Gasteiger partial charge on any atom is -0.480 e. The van der Waals surface area contributed by atoms with Crippen molar-refractivity contribution in [2.45, 2.75) is 19.4 Å². The predicted octanol–water partition coefficient (Wildman–Crippen LogP) is 0.871. The number of nitrogens with one attached hydrogen (secondary N) is 1. The van der Waals surface area contributed by atoms with Crippen LogP contribution in [0.1, 0.15) is 29.0 Å². The average molecular weight is 357 g/mol. The fraction of sp³-hybridized carbons (Fsp3) is 0.471. The van der Waals surface area contributed by atoms with E-state index >= 15 is 0 Å². The van der Waals surface area contributed by atoms with Gasteiger partial charge in [-0.15, -0.1) is 0 Å². The van der Waals surface area contributed by atoms with Crippen molar-refractivity contribution in [3.05, 3.63) is 29.7 Å². The highest BCUT2D eigenvalue weighted by Crippen LogP contribution is 2.18. The maximum Gasteiger partial charge on any atom is 0.257 e. The zero-order chi connectivity index (χ0) is 18.5. The summed E-state index contributed by atoms with van der Waals surface area (Å²) in [6, 6.07) is 3.35. The van der Waals surface area contributed by atoms with Crippen LogP contribution in [0.4, 0.5) is 11.9 Å². The third-order valence-corrected chi connectivity index (χ3v) is 4.06. The van der Waals surface area contributed by atoms with E-state index in [4.69, 9.17) is 4.74 Å². The molecule has 0 spiro atoms.